The maximum absolute atomic E-state index is 12.7. The number of rotatable bonds is 8. The number of benzene rings is 1. The zero-order valence-electron chi connectivity index (χ0n) is 15.2. The molecular formula is C17H15F3N6O4. The first-order valence-corrected chi connectivity index (χ1v) is 8.42. The molecule has 10 nitrogen and oxygen atoms in total. The maximum Gasteiger partial charge on any atom is 0.416 e. The number of alkyl halides is 3. The third-order valence-corrected chi connectivity index (χ3v) is 3.87. The van der Waals surface area contributed by atoms with Crippen LogP contribution in [0.2, 0.25) is 0 Å². The van der Waals surface area contributed by atoms with Gasteiger partial charge in [0.25, 0.3) is 0 Å². The highest BCUT2D eigenvalue weighted by Crippen LogP contribution is 2.30. The number of carbonyl (C=O) groups is 2. The van der Waals surface area contributed by atoms with E-state index >= 15 is 0 Å². The van der Waals surface area contributed by atoms with E-state index in [1.54, 1.807) is 0 Å². The van der Waals surface area contributed by atoms with Crippen molar-refractivity contribution in [1.29, 1.82) is 0 Å². The molecule has 2 heterocycles. The van der Waals surface area contributed by atoms with Crippen molar-refractivity contribution in [1.82, 2.24) is 24.5 Å². The monoisotopic (exact) mass is 424 g/mol. The van der Waals surface area contributed by atoms with Gasteiger partial charge in [-0.25, -0.2) is 4.98 Å². The van der Waals surface area contributed by atoms with Gasteiger partial charge in [0.15, 0.2) is 5.65 Å². The summed E-state index contributed by atoms with van der Waals surface area (Å²) >= 11 is 0. The van der Waals surface area contributed by atoms with Crippen molar-refractivity contribution in [2.45, 2.75) is 12.7 Å². The number of anilines is 2. The molecule has 3 aromatic rings. The zero-order valence-corrected chi connectivity index (χ0v) is 15.2. The second-order valence-electron chi connectivity index (χ2n) is 6.20. The first-order valence-electron chi connectivity index (χ1n) is 8.42. The van der Waals surface area contributed by atoms with Crippen molar-refractivity contribution >= 4 is 29.2 Å². The highest BCUT2D eigenvalue weighted by molar-refractivity contribution is 5.72. The van der Waals surface area contributed by atoms with Gasteiger partial charge < -0.3 is 15.5 Å². The molecule has 0 saturated heterocycles. The maximum atomic E-state index is 12.7. The summed E-state index contributed by atoms with van der Waals surface area (Å²) in [7, 11) is 0. The summed E-state index contributed by atoms with van der Waals surface area (Å²) in [6.45, 7) is -1.16. The van der Waals surface area contributed by atoms with E-state index in [0.717, 1.165) is 17.0 Å². The Morgan fingerprint density at radius 1 is 1.07 bits per heavy atom. The molecule has 0 unspecified atom stereocenters. The Bertz CT molecular complexity index is 1050. The molecule has 0 aliphatic heterocycles. The molecule has 0 bridgehead atoms. The molecular weight excluding hydrogens is 409 g/mol. The van der Waals surface area contributed by atoms with Crippen molar-refractivity contribution in [2.24, 2.45) is 0 Å². The summed E-state index contributed by atoms with van der Waals surface area (Å²) in [4.78, 5) is 31.4. The quantitative estimate of drug-likeness (QED) is 0.495. The molecule has 0 aliphatic rings. The minimum absolute atomic E-state index is 0.0760. The van der Waals surface area contributed by atoms with Crippen LogP contribution in [0, 0.1) is 0 Å². The summed E-state index contributed by atoms with van der Waals surface area (Å²) in [5.74, 6) is -2.09. The first-order chi connectivity index (χ1) is 14.1. The van der Waals surface area contributed by atoms with Crippen LogP contribution in [0.15, 0.2) is 36.5 Å². The van der Waals surface area contributed by atoms with Gasteiger partial charge in [-0.05, 0) is 24.3 Å². The van der Waals surface area contributed by atoms with Crippen LogP contribution in [0.3, 0.4) is 0 Å². The van der Waals surface area contributed by atoms with E-state index in [9.17, 15) is 22.8 Å². The minimum atomic E-state index is -4.45. The van der Waals surface area contributed by atoms with Crippen LogP contribution in [0.5, 0.6) is 0 Å². The average Bonchev–Trinajstić information content (AvgIpc) is 3.04. The van der Waals surface area contributed by atoms with Gasteiger partial charge in [-0.15, -0.1) is 5.10 Å². The number of carboxylic acids is 2. The number of fused-ring (bicyclic) bond motifs is 1. The minimum Gasteiger partial charge on any atom is -0.480 e. The second-order valence-corrected chi connectivity index (χ2v) is 6.20. The Labute approximate surface area is 166 Å². The number of carboxylic acid groups (broad SMARTS) is 2. The molecule has 0 aliphatic carbocycles. The van der Waals surface area contributed by atoms with E-state index in [0.29, 0.717) is 11.3 Å². The van der Waals surface area contributed by atoms with Gasteiger partial charge >= 0.3 is 18.1 Å². The number of hydrogen-bond acceptors (Lipinski definition) is 7. The Hall–Kier alpha value is -3.74. The molecule has 0 radical (unpaired) electrons. The van der Waals surface area contributed by atoms with Crippen LogP contribution in [-0.2, 0) is 22.3 Å². The SMILES string of the molecule is O=C(O)CN(CC(=O)O)Cc1nccc2nc(Nc3ccc(C(F)(F)F)cc3)nn12. The lowest BCUT2D eigenvalue weighted by molar-refractivity contribution is -0.142. The predicted molar refractivity (Wildman–Crippen MR) is 96.1 cm³/mol. The Morgan fingerprint density at radius 3 is 2.27 bits per heavy atom. The lowest BCUT2D eigenvalue weighted by atomic mass is 10.2. The standard InChI is InChI=1S/C17H15F3N6O4/c18-17(19,20)10-1-3-11(4-2-10)22-16-23-12-5-6-21-13(26(12)24-16)7-25(8-14(27)28)9-15(29)30/h1-6H,7-9H2,(H,22,24)(H,27,28)(H,29,30). The van der Waals surface area contributed by atoms with E-state index in [1.165, 1.54) is 28.9 Å². The van der Waals surface area contributed by atoms with Crippen molar-refractivity contribution in [3.8, 4) is 0 Å². The summed E-state index contributed by atoms with van der Waals surface area (Å²) < 4.78 is 39.3. The fraction of sp³-hybridized carbons (Fsp3) is 0.235. The third kappa shape index (κ3) is 5.20. The molecule has 30 heavy (non-hydrogen) atoms. The number of aromatic nitrogens is 4. The number of aliphatic carboxylic acids is 2. The third-order valence-electron chi connectivity index (χ3n) is 3.87. The molecule has 0 fully saturated rings. The summed E-state index contributed by atoms with van der Waals surface area (Å²) in [5, 5.41) is 24.9. The molecule has 0 saturated carbocycles. The lowest BCUT2D eigenvalue weighted by Gasteiger charge is -2.17. The summed E-state index contributed by atoms with van der Waals surface area (Å²) in [6, 6.07) is 5.82. The van der Waals surface area contributed by atoms with Gasteiger partial charge in [-0.3, -0.25) is 14.5 Å². The Kier molecular flexibility index (Phi) is 5.82. The molecule has 13 heteroatoms. The number of nitrogens with one attached hydrogen (secondary N) is 1. The lowest BCUT2D eigenvalue weighted by Crippen LogP contribution is -2.34. The highest BCUT2D eigenvalue weighted by Gasteiger charge is 2.30. The van der Waals surface area contributed by atoms with Crippen molar-refractivity contribution in [3.63, 3.8) is 0 Å². The first kappa shape index (κ1) is 21.0. The smallest absolute Gasteiger partial charge is 0.416 e. The van der Waals surface area contributed by atoms with Crippen molar-refractivity contribution < 1.29 is 33.0 Å². The molecule has 2 aromatic heterocycles. The average molecular weight is 424 g/mol. The van der Waals surface area contributed by atoms with Crippen molar-refractivity contribution in [2.75, 3.05) is 18.4 Å². The van der Waals surface area contributed by atoms with E-state index in [4.69, 9.17) is 10.2 Å². The normalized spacial score (nSPS) is 11.7. The van der Waals surface area contributed by atoms with Crippen LogP contribution >= 0.6 is 0 Å². The molecule has 3 N–H and O–H groups in total. The summed E-state index contributed by atoms with van der Waals surface area (Å²) in [6.07, 6.45) is -3.04. The fourth-order valence-corrected chi connectivity index (χ4v) is 2.65. The predicted octanol–water partition coefficient (Wildman–Crippen LogP) is 1.86. The van der Waals surface area contributed by atoms with Gasteiger partial charge in [0.1, 0.15) is 5.82 Å². The van der Waals surface area contributed by atoms with Crippen LogP contribution < -0.4 is 5.32 Å². The molecule has 0 atom stereocenters. The Morgan fingerprint density at radius 2 is 1.70 bits per heavy atom. The topological polar surface area (TPSA) is 133 Å². The van der Waals surface area contributed by atoms with E-state index < -0.39 is 36.8 Å². The number of halogens is 3. The Balaban J connectivity index is 1.82. The highest BCUT2D eigenvalue weighted by atomic mass is 19.4. The second kappa shape index (κ2) is 8.32. The molecule has 3 rings (SSSR count). The van der Waals surface area contributed by atoms with Gasteiger partial charge in [0.2, 0.25) is 5.95 Å². The van der Waals surface area contributed by atoms with Gasteiger partial charge in [0, 0.05) is 18.0 Å². The zero-order chi connectivity index (χ0) is 21.9. The van der Waals surface area contributed by atoms with Crippen LogP contribution in [0.1, 0.15) is 11.4 Å². The van der Waals surface area contributed by atoms with E-state index in [1.807, 2.05) is 0 Å². The summed E-state index contributed by atoms with van der Waals surface area (Å²) in [5.41, 5.74) is -0.133. The number of nitrogens with zero attached hydrogens (tertiary/aromatic N) is 5. The van der Waals surface area contributed by atoms with E-state index in [-0.39, 0.29) is 18.3 Å². The fourth-order valence-electron chi connectivity index (χ4n) is 2.65. The van der Waals surface area contributed by atoms with Crippen LogP contribution in [0.4, 0.5) is 24.8 Å². The van der Waals surface area contributed by atoms with Crippen LogP contribution in [-0.4, -0.2) is 59.7 Å². The van der Waals surface area contributed by atoms with Gasteiger partial charge in [-0.2, -0.15) is 22.7 Å². The molecule has 1 aromatic carbocycles. The molecule has 158 valence electrons. The van der Waals surface area contributed by atoms with Gasteiger partial charge in [-0.1, -0.05) is 0 Å². The number of hydrogen-bond donors (Lipinski definition) is 3. The van der Waals surface area contributed by atoms with Crippen LogP contribution in [0.25, 0.3) is 5.65 Å². The molecule has 0 amide bonds. The molecule has 0 spiro atoms. The largest absolute Gasteiger partial charge is 0.480 e. The van der Waals surface area contributed by atoms with Crippen molar-refractivity contribution in [3.05, 3.63) is 47.9 Å². The van der Waals surface area contributed by atoms with E-state index in [2.05, 4.69) is 20.4 Å². The van der Waals surface area contributed by atoms with Gasteiger partial charge in [0.05, 0.1) is 25.2 Å².